The number of aliphatic hydroxyl groups excluding tert-OH is 1. The van der Waals surface area contributed by atoms with Crippen molar-refractivity contribution in [2.75, 3.05) is 13.2 Å². The molecule has 0 saturated heterocycles. The predicted octanol–water partition coefficient (Wildman–Crippen LogP) is -1.47. The van der Waals surface area contributed by atoms with Crippen LogP contribution in [0.15, 0.2) is 12.2 Å². The lowest BCUT2D eigenvalue weighted by atomic mass is 10.2. The number of primary amides is 1. The zero-order valence-electron chi connectivity index (χ0n) is 6.67. The number of nitrogens with one attached hydrogen (secondary N) is 1. The molecule has 0 radical (unpaired) electrons. The molecule has 0 aromatic heterocycles. The molecule has 0 saturated carbocycles. The highest BCUT2D eigenvalue weighted by molar-refractivity contribution is 5.97. The molecule has 0 spiro atoms. The monoisotopic (exact) mass is 172 g/mol. The SMILES string of the molecule is C=C(CC(N)=O)C(=O)NCCO. The molecule has 4 N–H and O–H groups in total. The second-order valence-corrected chi connectivity index (χ2v) is 2.23. The Balaban J connectivity index is 3.77. The van der Waals surface area contributed by atoms with Gasteiger partial charge in [0.25, 0.3) is 0 Å². The largest absolute Gasteiger partial charge is 0.395 e. The molecule has 0 heterocycles. The average Bonchev–Trinajstić information content (AvgIpc) is 1.98. The lowest BCUT2D eigenvalue weighted by Crippen LogP contribution is -2.29. The van der Waals surface area contributed by atoms with Gasteiger partial charge in [0.05, 0.1) is 13.0 Å². The zero-order valence-corrected chi connectivity index (χ0v) is 6.67. The first kappa shape index (κ1) is 10.6. The van der Waals surface area contributed by atoms with E-state index in [9.17, 15) is 9.59 Å². The van der Waals surface area contributed by atoms with Crippen molar-refractivity contribution in [2.24, 2.45) is 5.73 Å². The summed E-state index contributed by atoms with van der Waals surface area (Å²) in [5.74, 6) is -1.05. The van der Waals surface area contributed by atoms with Gasteiger partial charge in [0.2, 0.25) is 11.8 Å². The maximum Gasteiger partial charge on any atom is 0.247 e. The smallest absolute Gasteiger partial charge is 0.247 e. The van der Waals surface area contributed by atoms with Crippen LogP contribution in [-0.4, -0.2) is 30.1 Å². The Morgan fingerprint density at radius 2 is 2.08 bits per heavy atom. The predicted molar refractivity (Wildman–Crippen MR) is 43.0 cm³/mol. The van der Waals surface area contributed by atoms with Crippen molar-refractivity contribution in [1.29, 1.82) is 0 Å². The fourth-order valence-electron chi connectivity index (χ4n) is 0.585. The number of carbonyl (C=O) groups is 2. The third-order valence-electron chi connectivity index (χ3n) is 1.11. The molecule has 68 valence electrons. The Morgan fingerprint density at radius 1 is 1.50 bits per heavy atom. The van der Waals surface area contributed by atoms with Gasteiger partial charge in [-0.1, -0.05) is 6.58 Å². The summed E-state index contributed by atoms with van der Waals surface area (Å²) in [6, 6.07) is 0. The molecule has 0 unspecified atom stereocenters. The zero-order chi connectivity index (χ0) is 9.56. The molecule has 0 atom stereocenters. The summed E-state index contributed by atoms with van der Waals surface area (Å²) < 4.78 is 0. The summed E-state index contributed by atoms with van der Waals surface area (Å²) in [6.07, 6.45) is -0.155. The quantitative estimate of drug-likeness (QED) is 0.442. The molecule has 0 fully saturated rings. The minimum atomic E-state index is -0.598. The number of hydrogen-bond donors (Lipinski definition) is 3. The highest BCUT2D eigenvalue weighted by Crippen LogP contribution is 1.95. The van der Waals surface area contributed by atoms with Crippen molar-refractivity contribution >= 4 is 11.8 Å². The van der Waals surface area contributed by atoms with Gasteiger partial charge in [0.1, 0.15) is 0 Å². The lowest BCUT2D eigenvalue weighted by molar-refractivity contribution is -0.121. The van der Waals surface area contributed by atoms with Crippen LogP contribution in [0, 0.1) is 0 Å². The Labute approximate surface area is 70.2 Å². The maximum atomic E-state index is 10.9. The number of amides is 2. The van der Waals surface area contributed by atoms with Gasteiger partial charge in [-0.05, 0) is 0 Å². The molecule has 0 aromatic rings. The molecule has 0 rings (SSSR count). The van der Waals surface area contributed by atoms with Crippen molar-refractivity contribution in [3.05, 3.63) is 12.2 Å². The minimum Gasteiger partial charge on any atom is -0.395 e. The molecule has 5 nitrogen and oxygen atoms in total. The van der Waals surface area contributed by atoms with Crippen molar-refractivity contribution in [3.8, 4) is 0 Å². The van der Waals surface area contributed by atoms with Gasteiger partial charge in [-0.3, -0.25) is 9.59 Å². The Kier molecular flexibility index (Phi) is 4.71. The van der Waals surface area contributed by atoms with Crippen LogP contribution in [0.3, 0.4) is 0 Å². The first-order valence-electron chi connectivity index (χ1n) is 3.43. The van der Waals surface area contributed by atoms with Crippen LogP contribution in [0.1, 0.15) is 6.42 Å². The Hall–Kier alpha value is -1.36. The third-order valence-corrected chi connectivity index (χ3v) is 1.11. The molecular weight excluding hydrogens is 160 g/mol. The van der Waals surface area contributed by atoms with Crippen molar-refractivity contribution in [3.63, 3.8) is 0 Å². The van der Waals surface area contributed by atoms with E-state index in [-0.39, 0.29) is 25.1 Å². The lowest BCUT2D eigenvalue weighted by Gasteiger charge is -2.03. The van der Waals surface area contributed by atoms with Crippen molar-refractivity contribution in [2.45, 2.75) is 6.42 Å². The van der Waals surface area contributed by atoms with Crippen LogP contribution in [0.4, 0.5) is 0 Å². The summed E-state index contributed by atoms with van der Waals surface area (Å²) in [7, 11) is 0. The first-order valence-corrected chi connectivity index (χ1v) is 3.43. The fraction of sp³-hybridized carbons (Fsp3) is 0.429. The molecule has 2 amide bonds. The Morgan fingerprint density at radius 3 is 2.50 bits per heavy atom. The highest BCUT2D eigenvalue weighted by atomic mass is 16.3. The summed E-state index contributed by atoms with van der Waals surface area (Å²) >= 11 is 0. The number of hydrogen-bond acceptors (Lipinski definition) is 3. The first-order chi connectivity index (χ1) is 5.57. The molecule has 0 bridgehead atoms. The second kappa shape index (κ2) is 5.31. The van der Waals surface area contributed by atoms with Crippen LogP contribution >= 0.6 is 0 Å². The normalized spacial score (nSPS) is 9.08. The van der Waals surface area contributed by atoms with E-state index < -0.39 is 11.8 Å². The van der Waals surface area contributed by atoms with Crippen molar-refractivity contribution in [1.82, 2.24) is 5.32 Å². The van der Waals surface area contributed by atoms with E-state index in [2.05, 4.69) is 11.9 Å². The third kappa shape index (κ3) is 4.45. The van der Waals surface area contributed by atoms with E-state index in [4.69, 9.17) is 10.8 Å². The van der Waals surface area contributed by atoms with Gasteiger partial charge in [-0.25, -0.2) is 0 Å². The van der Waals surface area contributed by atoms with Crippen molar-refractivity contribution < 1.29 is 14.7 Å². The second-order valence-electron chi connectivity index (χ2n) is 2.23. The van der Waals surface area contributed by atoms with Gasteiger partial charge in [0.15, 0.2) is 0 Å². The van der Waals surface area contributed by atoms with Gasteiger partial charge < -0.3 is 16.2 Å². The standard InChI is InChI=1S/C7H12N2O3/c1-5(4-6(8)11)7(12)9-2-3-10/h10H,1-4H2,(H2,8,11)(H,9,12). The summed E-state index contributed by atoms with van der Waals surface area (Å²) in [5, 5.41) is 10.7. The van der Waals surface area contributed by atoms with E-state index >= 15 is 0 Å². The summed E-state index contributed by atoms with van der Waals surface area (Å²) in [4.78, 5) is 21.2. The van der Waals surface area contributed by atoms with Gasteiger partial charge >= 0.3 is 0 Å². The fourth-order valence-corrected chi connectivity index (χ4v) is 0.585. The molecule has 5 heteroatoms. The van der Waals surface area contributed by atoms with Gasteiger partial charge in [0, 0.05) is 12.1 Å². The van der Waals surface area contributed by atoms with E-state index in [1.165, 1.54) is 0 Å². The topological polar surface area (TPSA) is 92.4 Å². The van der Waals surface area contributed by atoms with Crippen LogP contribution in [-0.2, 0) is 9.59 Å². The van der Waals surface area contributed by atoms with Crippen LogP contribution in [0.5, 0.6) is 0 Å². The molecule has 0 aromatic carbocycles. The number of nitrogens with two attached hydrogens (primary N) is 1. The molecular formula is C7H12N2O3. The van der Waals surface area contributed by atoms with E-state index in [1.54, 1.807) is 0 Å². The van der Waals surface area contributed by atoms with Crippen LogP contribution in [0.25, 0.3) is 0 Å². The number of rotatable bonds is 5. The van der Waals surface area contributed by atoms with Gasteiger partial charge in [-0.15, -0.1) is 0 Å². The molecule has 12 heavy (non-hydrogen) atoms. The van der Waals surface area contributed by atoms with E-state index in [1.807, 2.05) is 0 Å². The Bertz CT molecular complexity index is 201. The maximum absolute atomic E-state index is 10.9. The molecule has 0 aliphatic heterocycles. The van der Waals surface area contributed by atoms with E-state index in [0.717, 1.165) is 0 Å². The molecule has 0 aliphatic carbocycles. The van der Waals surface area contributed by atoms with Crippen LogP contribution < -0.4 is 11.1 Å². The number of aliphatic hydroxyl groups is 1. The van der Waals surface area contributed by atoms with E-state index in [0.29, 0.717) is 0 Å². The van der Waals surface area contributed by atoms with Gasteiger partial charge in [-0.2, -0.15) is 0 Å². The highest BCUT2D eigenvalue weighted by Gasteiger charge is 2.07. The summed E-state index contributed by atoms with van der Waals surface area (Å²) in [6.45, 7) is 3.36. The average molecular weight is 172 g/mol. The van der Waals surface area contributed by atoms with Crippen LogP contribution in [0.2, 0.25) is 0 Å². The molecule has 0 aliphatic rings. The number of carbonyl (C=O) groups excluding carboxylic acids is 2. The summed E-state index contributed by atoms with van der Waals surface area (Å²) in [5.41, 5.74) is 4.94. The minimum absolute atomic E-state index is 0.107.